The van der Waals surface area contributed by atoms with Crippen molar-refractivity contribution in [1.82, 2.24) is 5.32 Å². The van der Waals surface area contributed by atoms with Crippen molar-refractivity contribution in [1.29, 1.82) is 0 Å². The number of carbonyl (C=O) groups excluding carboxylic acids is 2. The van der Waals surface area contributed by atoms with Crippen molar-refractivity contribution >= 4 is 17.5 Å². The van der Waals surface area contributed by atoms with Crippen molar-refractivity contribution in [2.24, 2.45) is 0 Å². The third-order valence-electron chi connectivity index (χ3n) is 4.39. The molecule has 3 rings (SSSR count). The molecule has 1 aliphatic rings. The summed E-state index contributed by atoms with van der Waals surface area (Å²) in [6.07, 6.45) is 0.849. The van der Waals surface area contributed by atoms with E-state index in [1.165, 1.54) is 0 Å². The fourth-order valence-corrected chi connectivity index (χ4v) is 3.01. The van der Waals surface area contributed by atoms with E-state index in [-0.39, 0.29) is 18.2 Å². The lowest BCUT2D eigenvalue weighted by Crippen LogP contribution is -2.42. The van der Waals surface area contributed by atoms with Crippen LogP contribution in [0.1, 0.15) is 17.5 Å². The molecule has 1 saturated heterocycles. The van der Waals surface area contributed by atoms with E-state index >= 15 is 0 Å². The number of nitrogens with one attached hydrogen (secondary N) is 1. The van der Waals surface area contributed by atoms with Gasteiger partial charge in [-0.3, -0.25) is 9.59 Å². The second-order valence-electron chi connectivity index (χ2n) is 6.26. The summed E-state index contributed by atoms with van der Waals surface area (Å²) in [4.78, 5) is 26.6. The van der Waals surface area contributed by atoms with E-state index in [2.05, 4.69) is 5.32 Å². The van der Waals surface area contributed by atoms with Crippen LogP contribution in [-0.4, -0.2) is 31.5 Å². The fourth-order valence-electron chi connectivity index (χ4n) is 3.01. The summed E-state index contributed by atoms with van der Waals surface area (Å²) in [5.74, 6) is 0.507. The molecule has 1 fully saturated rings. The minimum atomic E-state index is -0.459. The zero-order valence-corrected chi connectivity index (χ0v) is 14.5. The molecule has 2 amide bonds. The lowest BCUT2D eigenvalue weighted by atomic mass is 10.1. The molecular weight excluding hydrogens is 316 g/mol. The Kier molecular flexibility index (Phi) is 5.03. The molecule has 0 spiro atoms. The molecule has 130 valence electrons. The maximum absolute atomic E-state index is 12.6. The Morgan fingerprint density at radius 2 is 2.00 bits per heavy atom. The van der Waals surface area contributed by atoms with Gasteiger partial charge in [0.2, 0.25) is 11.8 Å². The lowest BCUT2D eigenvalue weighted by molar-refractivity contribution is -0.126. The van der Waals surface area contributed by atoms with E-state index in [1.54, 1.807) is 12.0 Å². The minimum absolute atomic E-state index is 0.0529. The van der Waals surface area contributed by atoms with Gasteiger partial charge in [0.05, 0.1) is 13.5 Å². The Labute approximate surface area is 147 Å². The van der Waals surface area contributed by atoms with Gasteiger partial charge in [0.1, 0.15) is 11.8 Å². The summed E-state index contributed by atoms with van der Waals surface area (Å²) in [5.41, 5.74) is 2.89. The van der Waals surface area contributed by atoms with Crippen molar-refractivity contribution < 1.29 is 14.3 Å². The molecule has 0 aliphatic carbocycles. The van der Waals surface area contributed by atoms with Crippen LogP contribution in [0.3, 0.4) is 0 Å². The zero-order chi connectivity index (χ0) is 17.8. The van der Waals surface area contributed by atoms with Gasteiger partial charge in [-0.1, -0.05) is 29.8 Å². The number of rotatable bonds is 5. The van der Waals surface area contributed by atoms with Crippen LogP contribution in [0.15, 0.2) is 48.5 Å². The Hall–Kier alpha value is -2.82. The first-order chi connectivity index (χ1) is 12.1. The molecule has 1 N–H and O–H groups in total. The highest BCUT2D eigenvalue weighted by Gasteiger charge is 2.33. The molecule has 0 aromatic heterocycles. The molecule has 0 radical (unpaired) electrons. The molecule has 0 saturated carbocycles. The fraction of sp³-hybridized carbons (Fsp3) is 0.300. The minimum Gasteiger partial charge on any atom is -0.497 e. The van der Waals surface area contributed by atoms with Crippen molar-refractivity contribution in [3.8, 4) is 5.75 Å². The number of ether oxygens (including phenoxy) is 1. The Bertz CT molecular complexity index is 771. The maximum Gasteiger partial charge on any atom is 0.249 e. The highest BCUT2D eigenvalue weighted by Crippen LogP contribution is 2.22. The molecule has 0 bridgehead atoms. The van der Waals surface area contributed by atoms with Gasteiger partial charge in [-0.05, 0) is 43.2 Å². The van der Waals surface area contributed by atoms with Gasteiger partial charge in [0.25, 0.3) is 0 Å². The van der Waals surface area contributed by atoms with Gasteiger partial charge in [-0.25, -0.2) is 0 Å². The van der Waals surface area contributed by atoms with E-state index < -0.39 is 6.04 Å². The van der Waals surface area contributed by atoms with E-state index in [9.17, 15) is 9.59 Å². The average Bonchev–Trinajstić information content (AvgIpc) is 2.96. The van der Waals surface area contributed by atoms with Crippen LogP contribution in [0.25, 0.3) is 0 Å². The molecule has 1 unspecified atom stereocenters. The topological polar surface area (TPSA) is 58.6 Å². The molecule has 2 aromatic carbocycles. The van der Waals surface area contributed by atoms with E-state index in [0.717, 1.165) is 16.8 Å². The second kappa shape index (κ2) is 7.38. The number of anilines is 1. The van der Waals surface area contributed by atoms with Crippen molar-refractivity contribution in [3.63, 3.8) is 0 Å². The monoisotopic (exact) mass is 338 g/mol. The molecule has 1 atom stereocenters. The molecule has 1 heterocycles. The number of aryl methyl sites for hydroxylation is 1. The van der Waals surface area contributed by atoms with Crippen LogP contribution in [0.4, 0.5) is 5.69 Å². The van der Waals surface area contributed by atoms with Crippen LogP contribution in [0.2, 0.25) is 0 Å². The highest BCUT2D eigenvalue weighted by atomic mass is 16.5. The predicted octanol–water partition coefficient (Wildman–Crippen LogP) is 2.47. The smallest absolute Gasteiger partial charge is 0.249 e. The van der Waals surface area contributed by atoms with E-state index in [1.807, 2.05) is 55.5 Å². The molecule has 2 aromatic rings. The van der Waals surface area contributed by atoms with Crippen molar-refractivity contribution in [3.05, 3.63) is 59.7 Å². The quantitative estimate of drug-likeness (QED) is 0.911. The lowest BCUT2D eigenvalue weighted by Gasteiger charge is -2.17. The number of amides is 2. The second-order valence-corrected chi connectivity index (χ2v) is 6.26. The first-order valence-electron chi connectivity index (χ1n) is 8.37. The summed E-state index contributed by atoms with van der Waals surface area (Å²) in [5, 5.41) is 2.85. The molecule has 5 nitrogen and oxygen atoms in total. The third-order valence-corrected chi connectivity index (χ3v) is 4.39. The predicted molar refractivity (Wildman–Crippen MR) is 96.8 cm³/mol. The maximum atomic E-state index is 12.6. The summed E-state index contributed by atoms with van der Waals surface area (Å²) >= 11 is 0. The molecule has 5 heteroatoms. The number of carbonyl (C=O) groups is 2. The van der Waals surface area contributed by atoms with Gasteiger partial charge in [0.15, 0.2) is 0 Å². The third kappa shape index (κ3) is 3.99. The standard InChI is InChI=1S/C20H22N2O3/c1-14-6-8-16(9-7-14)22-11-10-18(20(22)24)21-19(23)13-15-4-3-5-17(12-15)25-2/h3-9,12,18H,10-11,13H2,1-2H3,(H,21,23). The van der Waals surface area contributed by atoms with Gasteiger partial charge >= 0.3 is 0 Å². The first kappa shape index (κ1) is 17.0. The first-order valence-corrected chi connectivity index (χ1v) is 8.37. The van der Waals surface area contributed by atoms with E-state index in [4.69, 9.17) is 4.74 Å². The van der Waals surface area contributed by atoms with Gasteiger partial charge in [-0.15, -0.1) is 0 Å². The van der Waals surface area contributed by atoms with Crippen molar-refractivity contribution in [2.75, 3.05) is 18.6 Å². The number of benzene rings is 2. The summed E-state index contributed by atoms with van der Waals surface area (Å²) in [6.45, 7) is 2.63. The van der Waals surface area contributed by atoms with Gasteiger partial charge in [0, 0.05) is 12.2 Å². The Morgan fingerprint density at radius 1 is 1.24 bits per heavy atom. The van der Waals surface area contributed by atoms with Crippen LogP contribution >= 0.6 is 0 Å². The number of nitrogens with zero attached hydrogens (tertiary/aromatic N) is 1. The number of hydrogen-bond acceptors (Lipinski definition) is 3. The van der Waals surface area contributed by atoms with Gasteiger partial charge in [-0.2, -0.15) is 0 Å². The van der Waals surface area contributed by atoms with Gasteiger partial charge < -0.3 is 15.0 Å². The summed E-state index contributed by atoms with van der Waals surface area (Å²) in [6, 6.07) is 14.8. The normalized spacial score (nSPS) is 16.8. The summed E-state index contributed by atoms with van der Waals surface area (Å²) < 4.78 is 5.17. The highest BCUT2D eigenvalue weighted by molar-refractivity contribution is 6.01. The van der Waals surface area contributed by atoms with Crippen LogP contribution < -0.4 is 15.0 Å². The summed E-state index contributed by atoms with van der Waals surface area (Å²) in [7, 11) is 1.59. The molecular formula is C20H22N2O3. The number of hydrogen-bond donors (Lipinski definition) is 1. The van der Waals surface area contributed by atoms with Crippen LogP contribution in [0, 0.1) is 6.92 Å². The average molecular weight is 338 g/mol. The molecule has 1 aliphatic heterocycles. The van der Waals surface area contributed by atoms with E-state index in [0.29, 0.717) is 18.7 Å². The Balaban J connectivity index is 1.60. The largest absolute Gasteiger partial charge is 0.497 e. The van der Waals surface area contributed by atoms with Crippen LogP contribution in [0.5, 0.6) is 5.75 Å². The zero-order valence-electron chi connectivity index (χ0n) is 14.5. The SMILES string of the molecule is COc1cccc(CC(=O)NC2CCN(c3ccc(C)cc3)C2=O)c1. The van der Waals surface area contributed by atoms with Crippen molar-refractivity contribution in [2.45, 2.75) is 25.8 Å². The van der Waals surface area contributed by atoms with Crippen LogP contribution in [-0.2, 0) is 16.0 Å². The number of methoxy groups -OCH3 is 1. The Morgan fingerprint density at radius 3 is 2.72 bits per heavy atom. The molecule has 25 heavy (non-hydrogen) atoms.